The summed E-state index contributed by atoms with van der Waals surface area (Å²) in [7, 11) is 1.78. The second-order valence-corrected chi connectivity index (χ2v) is 14.8. The number of hydrogen-bond donors (Lipinski definition) is 1. The molecule has 0 aromatic heterocycles. The Balaban J connectivity index is 1.20. The fraction of sp³-hybridized carbons (Fsp3) is 0.579. The van der Waals surface area contributed by atoms with Crippen molar-refractivity contribution < 1.29 is 33.5 Å². The van der Waals surface area contributed by atoms with Crippen molar-refractivity contribution in [3.05, 3.63) is 64.7 Å². The Labute approximate surface area is 285 Å². The van der Waals surface area contributed by atoms with Crippen molar-refractivity contribution in [1.82, 2.24) is 9.80 Å². The number of fused-ring (bicyclic) bond motifs is 1. The van der Waals surface area contributed by atoms with Crippen molar-refractivity contribution in [3.63, 3.8) is 0 Å². The maximum absolute atomic E-state index is 13.8. The lowest BCUT2D eigenvalue weighted by atomic mass is 9.61. The molecule has 2 aromatic rings. The van der Waals surface area contributed by atoms with Gasteiger partial charge >= 0.3 is 6.09 Å². The average molecular weight is 662 g/mol. The largest absolute Gasteiger partial charge is 0.596 e. The van der Waals surface area contributed by atoms with Crippen LogP contribution >= 0.6 is 0 Å². The number of likely N-dealkylation sites (tertiary alicyclic amines) is 1. The third kappa shape index (κ3) is 8.26. The third-order valence-electron chi connectivity index (χ3n) is 10.2. The fourth-order valence-electron chi connectivity index (χ4n) is 7.31. The molecule has 1 aliphatic carbocycles. The number of amides is 3. The predicted octanol–water partition coefficient (Wildman–Crippen LogP) is 5.14. The molecule has 3 aliphatic rings. The van der Waals surface area contributed by atoms with Gasteiger partial charge in [-0.1, -0.05) is 24.3 Å². The molecule has 1 N–H and O–H groups in total. The van der Waals surface area contributed by atoms with Gasteiger partial charge in [0.2, 0.25) is 0 Å². The maximum atomic E-state index is 13.8. The summed E-state index contributed by atoms with van der Waals surface area (Å²) in [6, 6.07) is 13.2. The van der Waals surface area contributed by atoms with E-state index in [1.54, 1.807) is 24.1 Å². The minimum Gasteiger partial charge on any atom is -0.406 e. The molecule has 260 valence electrons. The zero-order valence-electron chi connectivity index (χ0n) is 29.4. The van der Waals surface area contributed by atoms with E-state index in [4.69, 9.17) is 9.47 Å². The summed E-state index contributed by atoms with van der Waals surface area (Å²) in [6.45, 7) is 15.1. The van der Waals surface area contributed by atoms with Crippen LogP contribution < -0.4 is 4.90 Å². The number of anilines is 1. The topological polar surface area (TPSA) is 103 Å². The highest BCUT2D eigenvalue weighted by Crippen LogP contribution is 2.50. The van der Waals surface area contributed by atoms with Crippen LogP contribution in [0.4, 0.5) is 10.5 Å². The first kappa shape index (κ1) is 35.5. The number of rotatable bonds is 10. The number of ether oxygens (including phenoxy) is 2. The van der Waals surface area contributed by atoms with Crippen LogP contribution in [0.25, 0.3) is 0 Å². The van der Waals surface area contributed by atoms with Gasteiger partial charge in [-0.25, -0.2) is 0 Å². The van der Waals surface area contributed by atoms with Gasteiger partial charge in [0.25, 0.3) is 11.8 Å². The molecule has 2 heterocycles. The summed E-state index contributed by atoms with van der Waals surface area (Å²) >= 11 is 0. The monoisotopic (exact) mass is 661 g/mol. The minimum absolute atomic E-state index is 0.0173. The summed E-state index contributed by atoms with van der Waals surface area (Å²) < 4.78 is 12.2. The van der Waals surface area contributed by atoms with Crippen molar-refractivity contribution in [1.29, 1.82) is 0 Å². The van der Waals surface area contributed by atoms with Gasteiger partial charge in [-0.2, -0.15) is 4.79 Å². The van der Waals surface area contributed by atoms with Gasteiger partial charge in [0.05, 0.1) is 23.5 Å². The number of nitrogens with zero attached hydrogens (tertiary/aromatic N) is 4. The van der Waals surface area contributed by atoms with Crippen LogP contribution in [0.5, 0.6) is 0 Å². The molecule has 10 nitrogen and oxygen atoms in total. The number of β-amino-alcohol motifs (C(OH)–C–C–N with tert-alkyl or cyclic N) is 1. The maximum Gasteiger partial charge on any atom is 0.596 e. The molecule has 3 amide bonds. The van der Waals surface area contributed by atoms with Gasteiger partial charge in [0, 0.05) is 57.5 Å². The summed E-state index contributed by atoms with van der Waals surface area (Å²) in [5, 5.41) is 11.1. The van der Waals surface area contributed by atoms with Crippen LogP contribution in [0.1, 0.15) is 91.6 Å². The molecular formula is C38H53N4O6+. The van der Waals surface area contributed by atoms with Crippen LogP contribution in [0.3, 0.4) is 0 Å². The van der Waals surface area contributed by atoms with Crippen LogP contribution in [-0.4, -0.2) is 108 Å². The Bertz CT molecular complexity index is 1500. The number of aliphatic hydroxyl groups excluding tert-OH is 1. The number of hydrogen-bond acceptors (Lipinski definition) is 7. The van der Waals surface area contributed by atoms with E-state index in [1.807, 2.05) is 56.0 Å². The second kappa shape index (κ2) is 14.8. The molecule has 0 radical (unpaired) electrons. The lowest BCUT2D eigenvalue weighted by Gasteiger charge is -2.51. The molecule has 1 spiro atoms. The van der Waals surface area contributed by atoms with E-state index in [0.717, 1.165) is 55.6 Å². The van der Waals surface area contributed by atoms with Crippen LogP contribution in [0, 0.1) is 5.41 Å². The fourth-order valence-corrected chi connectivity index (χ4v) is 7.31. The molecule has 0 unspecified atom stereocenters. The van der Waals surface area contributed by atoms with Crippen molar-refractivity contribution in [2.75, 3.05) is 51.3 Å². The summed E-state index contributed by atoms with van der Waals surface area (Å²) in [6.07, 6.45) is 4.33. The van der Waals surface area contributed by atoms with Gasteiger partial charge < -0.3 is 29.3 Å². The molecule has 1 atom stereocenters. The van der Waals surface area contributed by atoms with Crippen LogP contribution in [0.15, 0.2) is 42.5 Å². The highest BCUT2D eigenvalue weighted by Gasteiger charge is 2.46. The van der Waals surface area contributed by atoms with Gasteiger partial charge in [0.1, 0.15) is 12.3 Å². The number of aryl methyl sites for hydroxylation is 1. The molecular weight excluding hydrogens is 608 g/mol. The molecule has 2 fully saturated rings. The molecule has 5 rings (SSSR count). The van der Waals surface area contributed by atoms with Crippen molar-refractivity contribution in [2.45, 2.75) is 90.6 Å². The smallest absolute Gasteiger partial charge is 0.406 e. The molecule has 10 heteroatoms. The Hall–Kier alpha value is -3.76. The van der Waals surface area contributed by atoms with E-state index >= 15 is 0 Å². The first-order valence-corrected chi connectivity index (χ1v) is 17.4. The van der Waals surface area contributed by atoms with Crippen molar-refractivity contribution >= 4 is 30.3 Å². The van der Waals surface area contributed by atoms with E-state index in [0.29, 0.717) is 55.1 Å². The molecule has 2 aromatic carbocycles. The molecule has 48 heavy (non-hydrogen) atoms. The number of benzene rings is 2. The zero-order valence-corrected chi connectivity index (χ0v) is 29.4. The van der Waals surface area contributed by atoms with E-state index in [2.05, 4.69) is 18.5 Å². The molecule has 1 saturated heterocycles. The molecule has 2 aliphatic heterocycles. The first-order valence-electron chi connectivity index (χ1n) is 17.4. The molecule has 0 bridgehead atoms. The highest BCUT2D eigenvalue weighted by molar-refractivity contribution is 6.03. The Morgan fingerprint density at radius 1 is 1.04 bits per heavy atom. The van der Waals surface area contributed by atoms with Gasteiger partial charge in [-0.05, 0) is 95.4 Å². The van der Waals surface area contributed by atoms with E-state index in [1.165, 1.54) is 4.58 Å². The van der Waals surface area contributed by atoms with Crippen molar-refractivity contribution in [3.8, 4) is 0 Å². The Kier molecular flexibility index (Phi) is 10.9. The summed E-state index contributed by atoms with van der Waals surface area (Å²) in [4.78, 5) is 45.7. The van der Waals surface area contributed by atoms with Gasteiger partial charge in [-0.15, -0.1) is 4.58 Å². The number of methoxy groups -OCH3 is 1. The minimum atomic E-state index is -0.738. The quantitative estimate of drug-likeness (QED) is 0.278. The van der Waals surface area contributed by atoms with E-state index in [9.17, 15) is 19.5 Å². The number of carbonyl (C=O) groups is 3. The Morgan fingerprint density at radius 2 is 1.71 bits per heavy atom. The Morgan fingerprint density at radius 3 is 2.35 bits per heavy atom. The number of aliphatic hydroxyl groups is 1. The van der Waals surface area contributed by atoms with E-state index in [-0.39, 0.29) is 24.9 Å². The standard InChI is InChI=1S/C38H53N4O6/c1-7-40-20-21-42(26-30(43)14-12-27-10-8-9-11-29(27)25-39(5)36(46)48-37(2,3)4)35(45)32-15-13-28(22-33(32)40)34(44)41-18-16-38(17-19-41)23-31(24-38)47-6/h8-11,13,15,22,30-31,43H,5,7,12,14,16-21,23-26H2,1-4,6H3/q+1/t30-/m0/s1. The first-order chi connectivity index (χ1) is 22.8. The SMILES string of the molecule is C=[N+](Cc1ccccc1CC[C@H](O)CN1CCN(CC)c2cc(C(=O)N3CCC4(CC3)CC(OC)C4)ccc2C1=O)C(=O)OC(C)(C)C. The lowest BCUT2D eigenvalue weighted by molar-refractivity contribution is -0.458. The van der Waals surface area contributed by atoms with Gasteiger partial charge in [0.15, 0.2) is 6.54 Å². The van der Waals surface area contributed by atoms with Crippen LogP contribution in [0.2, 0.25) is 0 Å². The normalized spacial score (nSPS) is 18.6. The second-order valence-electron chi connectivity index (χ2n) is 14.8. The zero-order chi connectivity index (χ0) is 34.6. The highest BCUT2D eigenvalue weighted by atomic mass is 16.6. The van der Waals surface area contributed by atoms with Gasteiger partial charge in [-0.3, -0.25) is 9.59 Å². The lowest BCUT2D eigenvalue weighted by Crippen LogP contribution is -2.50. The third-order valence-corrected chi connectivity index (χ3v) is 10.2. The predicted molar refractivity (Wildman–Crippen MR) is 186 cm³/mol. The van der Waals surface area contributed by atoms with Crippen LogP contribution in [-0.2, 0) is 22.4 Å². The average Bonchev–Trinajstić information content (AvgIpc) is 3.17. The summed E-state index contributed by atoms with van der Waals surface area (Å²) in [5.74, 6) is -0.120. The number of carbonyl (C=O) groups excluding carboxylic acids is 3. The number of likely N-dealkylation sites (N-methyl/N-ethyl adjacent to an activating group) is 1. The van der Waals surface area contributed by atoms with E-state index < -0.39 is 17.8 Å². The molecule has 1 saturated carbocycles. The van der Waals surface area contributed by atoms with Crippen molar-refractivity contribution in [2.24, 2.45) is 5.41 Å². The number of piperidine rings is 1. The summed E-state index contributed by atoms with van der Waals surface area (Å²) in [5.41, 5.74) is 3.59.